The lowest BCUT2D eigenvalue weighted by Crippen LogP contribution is -2.37. The van der Waals surface area contributed by atoms with E-state index >= 15 is 0 Å². The van der Waals surface area contributed by atoms with Crippen LogP contribution in [0, 0.1) is 6.92 Å². The van der Waals surface area contributed by atoms with E-state index in [-0.39, 0.29) is 22.4 Å². The van der Waals surface area contributed by atoms with Crippen LogP contribution in [0.3, 0.4) is 0 Å². The standard InChI is InChI=1S/C31H33N3O5S/c1-20-8-4-7-11-30(20)40(37,38)33-31(36)23-13-12-22(29(17-23)39-3)16-24-19-32-28-15-14-26(18-27(24)28)34(21(2)35)25-9-5-6-10-25/h4,7-8,11-15,17-19,25,32H,5-6,9-10,16H2,1-3H3,(H,33,36). The van der Waals surface area contributed by atoms with E-state index in [0.29, 0.717) is 17.7 Å². The summed E-state index contributed by atoms with van der Waals surface area (Å²) in [4.78, 5) is 30.8. The highest BCUT2D eigenvalue weighted by atomic mass is 32.2. The number of aromatic nitrogens is 1. The van der Waals surface area contributed by atoms with Gasteiger partial charge >= 0.3 is 0 Å². The highest BCUT2D eigenvalue weighted by Gasteiger charge is 2.26. The van der Waals surface area contributed by atoms with Crippen LogP contribution in [0.2, 0.25) is 0 Å². The van der Waals surface area contributed by atoms with Gasteiger partial charge in [0.15, 0.2) is 0 Å². The number of H-pyrrole nitrogens is 1. The minimum Gasteiger partial charge on any atom is -0.496 e. The van der Waals surface area contributed by atoms with Gasteiger partial charge in [0.1, 0.15) is 5.75 Å². The molecule has 0 aliphatic heterocycles. The van der Waals surface area contributed by atoms with Crippen LogP contribution in [-0.2, 0) is 21.2 Å². The first-order valence-electron chi connectivity index (χ1n) is 13.4. The van der Waals surface area contributed by atoms with Crippen LogP contribution >= 0.6 is 0 Å². The molecular weight excluding hydrogens is 526 g/mol. The first-order chi connectivity index (χ1) is 19.2. The summed E-state index contributed by atoms with van der Waals surface area (Å²) in [5, 5.41) is 1.01. The molecule has 5 rings (SSSR count). The molecule has 0 radical (unpaired) electrons. The van der Waals surface area contributed by atoms with Crippen LogP contribution < -0.4 is 14.4 Å². The maximum Gasteiger partial charge on any atom is 0.265 e. The second-order valence-corrected chi connectivity index (χ2v) is 11.9. The van der Waals surface area contributed by atoms with Crippen molar-refractivity contribution in [2.45, 2.75) is 56.9 Å². The van der Waals surface area contributed by atoms with Crippen molar-refractivity contribution in [2.24, 2.45) is 0 Å². The van der Waals surface area contributed by atoms with Gasteiger partial charge < -0.3 is 14.6 Å². The van der Waals surface area contributed by atoms with Crippen LogP contribution in [-0.4, -0.2) is 38.4 Å². The maximum atomic E-state index is 12.9. The van der Waals surface area contributed by atoms with Gasteiger partial charge in [0.25, 0.3) is 15.9 Å². The van der Waals surface area contributed by atoms with E-state index in [1.165, 1.54) is 13.2 Å². The Labute approximate surface area is 234 Å². The molecule has 4 aromatic rings. The normalized spacial score (nSPS) is 13.9. The highest BCUT2D eigenvalue weighted by Crippen LogP contribution is 2.33. The fraction of sp³-hybridized carbons (Fsp3) is 0.290. The number of hydrogen-bond donors (Lipinski definition) is 2. The Balaban J connectivity index is 1.40. The van der Waals surface area contributed by atoms with E-state index in [1.807, 2.05) is 23.2 Å². The first-order valence-corrected chi connectivity index (χ1v) is 14.9. The van der Waals surface area contributed by atoms with Gasteiger partial charge in [0.05, 0.1) is 12.0 Å². The third kappa shape index (κ3) is 5.47. The summed E-state index contributed by atoms with van der Waals surface area (Å²) in [6.07, 6.45) is 6.76. The summed E-state index contributed by atoms with van der Waals surface area (Å²) in [5.41, 5.74) is 4.43. The molecule has 1 heterocycles. The molecule has 208 valence electrons. The SMILES string of the molecule is COc1cc(C(=O)NS(=O)(=O)c2ccccc2C)ccc1Cc1c[nH]c2ccc(N(C(C)=O)C3CCCC3)cc12. The molecule has 8 nitrogen and oxygen atoms in total. The lowest BCUT2D eigenvalue weighted by molar-refractivity contribution is -0.117. The summed E-state index contributed by atoms with van der Waals surface area (Å²) in [6.45, 7) is 3.30. The molecule has 0 atom stereocenters. The molecule has 0 bridgehead atoms. The van der Waals surface area contributed by atoms with Gasteiger partial charge in [-0.2, -0.15) is 0 Å². The molecule has 9 heteroatoms. The van der Waals surface area contributed by atoms with Gasteiger partial charge in [-0.25, -0.2) is 13.1 Å². The predicted octanol–water partition coefficient (Wildman–Crippen LogP) is 5.49. The van der Waals surface area contributed by atoms with Crippen molar-refractivity contribution >= 4 is 38.4 Å². The zero-order valence-electron chi connectivity index (χ0n) is 22.9. The molecule has 1 aliphatic rings. The molecule has 0 saturated heterocycles. The molecular formula is C31H33N3O5S. The largest absolute Gasteiger partial charge is 0.496 e. The maximum absolute atomic E-state index is 12.9. The number of anilines is 1. The summed E-state index contributed by atoms with van der Waals surface area (Å²) in [7, 11) is -2.51. The fourth-order valence-electron chi connectivity index (χ4n) is 5.61. The second-order valence-electron chi connectivity index (χ2n) is 10.3. The van der Waals surface area contributed by atoms with Gasteiger partial charge in [-0.15, -0.1) is 0 Å². The number of benzene rings is 3. The van der Waals surface area contributed by atoms with Gasteiger partial charge in [-0.3, -0.25) is 9.59 Å². The minimum absolute atomic E-state index is 0.0447. The van der Waals surface area contributed by atoms with Crippen molar-refractivity contribution in [3.63, 3.8) is 0 Å². The third-order valence-corrected chi connectivity index (χ3v) is 9.09. The van der Waals surface area contributed by atoms with Crippen LogP contribution in [0.1, 0.15) is 59.7 Å². The number of amides is 2. The highest BCUT2D eigenvalue weighted by molar-refractivity contribution is 7.90. The van der Waals surface area contributed by atoms with E-state index in [0.717, 1.165) is 53.4 Å². The van der Waals surface area contributed by atoms with Gasteiger partial charge in [-0.05, 0) is 72.9 Å². The molecule has 1 fully saturated rings. The molecule has 1 aliphatic carbocycles. The van der Waals surface area contributed by atoms with E-state index in [2.05, 4.69) is 15.8 Å². The number of aryl methyl sites for hydroxylation is 1. The molecule has 0 unspecified atom stereocenters. The quantitative estimate of drug-likeness (QED) is 0.297. The number of hydrogen-bond acceptors (Lipinski definition) is 5. The third-order valence-electron chi connectivity index (χ3n) is 7.60. The van der Waals surface area contributed by atoms with Crippen molar-refractivity contribution in [1.82, 2.24) is 9.71 Å². The number of methoxy groups -OCH3 is 1. The number of carbonyl (C=O) groups is 2. The minimum atomic E-state index is -4.03. The Kier molecular flexibility index (Phi) is 7.67. The number of ether oxygens (including phenoxy) is 1. The van der Waals surface area contributed by atoms with E-state index in [9.17, 15) is 18.0 Å². The molecule has 2 N–H and O–H groups in total. The average molecular weight is 560 g/mol. The molecule has 40 heavy (non-hydrogen) atoms. The average Bonchev–Trinajstić information content (AvgIpc) is 3.59. The van der Waals surface area contributed by atoms with Gasteiger partial charge in [-0.1, -0.05) is 37.1 Å². The Morgan fingerprint density at radius 1 is 1.02 bits per heavy atom. The van der Waals surface area contributed by atoms with Gasteiger partial charge in [0, 0.05) is 47.7 Å². The summed E-state index contributed by atoms with van der Waals surface area (Å²) in [6, 6.07) is 17.7. The topological polar surface area (TPSA) is 109 Å². The van der Waals surface area contributed by atoms with Crippen molar-refractivity contribution < 1.29 is 22.7 Å². The lowest BCUT2D eigenvalue weighted by atomic mass is 10.0. The monoisotopic (exact) mass is 559 g/mol. The fourth-order valence-corrected chi connectivity index (χ4v) is 6.83. The molecule has 1 aromatic heterocycles. The second kappa shape index (κ2) is 11.2. The Morgan fingerprint density at radius 2 is 1.77 bits per heavy atom. The van der Waals surface area contributed by atoms with Crippen molar-refractivity contribution in [3.05, 3.63) is 89.1 Å². The zero-order valence-corrected chi connectivity index (χ0v) is 23.7. The molecule has 3 aromatic carbocycles. The predicted molar refractivity (Wildman–Crippen MR) is 155 cm³/mol. The first kappa shape index (κ1) is 27.5. The number of nitrogens with one attached hydrogen (secondary N) is 2. The summed E-state index contributed by atoms with van der Waals surface area (Å²) in [5.74, 6) is -0.216. The smallest absolute Gasteiger partial charge is 0.265 e. The van der Waals surface area contributed by atoms with E-state index < -0.39 is 15.9 Å². The van der Waals surface area contributed by atoms with Crippen LogP contribution in [0.25, 0.3) is 10.9 Å². The van der Waals surface area contributed by atoms with E-state index in [1.54, 1.807) is 50.2 Å². The number of aromatic amines is 1. The number of rotatable bonds is 8. The van der Waals surface area contributed by atoms with Crippen LogP contribution in [0.5, 0.6) is 5.75 Å². The van der Waals surface area contributed by atoms with Gasteiger partial charge in [0.2, 0.25) is 5.91 Å². The Bertz CT molecular complexity index is 1690. The summed E-state index contributed by atoms with van der Waals surface area (Å²) < 4.78 is 33.4. The Hall–Kier alpha value is -4.11. The molecule has 1 saturated carbocycles. The number of carbonyl (C=O) groups excluding carboxylic acids is 2. The number of sulfonamides is 1. The van der Waals surface area contributed by atoms with Crippen LogP contribution in [0.15, 0.2) is 71.8 Å². The van der Waals surface area contributed by atoms with Crippen molar-refractivity contribution in [2.75, 3.05) is 12.0 Å². The summed E-state index contributed by atoms with van der Waals surface area (Å²) >= 11 is 0. The van der Waals surface area contributed by atoms with E-state index in [4.69, 9.17) is 4.74 Å². The number of nitrogens with zero attached hydrogens (tertiary/aromatic N) is 1. The molecule has 0 spiro atoms. The zero-order chi connectivity index (χ0) is 28.4. The Morgan fingerprint density at radius 3 is 2.48 bits per heavy atom. The van der Waals surface area contributed by atoms with Crippen molar-refractivity contribution in [3.8, 4) is 5.75 Å². The molecule has 2 amide bonds. The number of fused-ring (bicyclic) bond motifs is 1. The lowest BCUT2D eigenvalue weighted by Gasteiger charge is -2.28. The van der Waals surface area contributed by atoms with Crippen molar-refractivity contribution in [1.29, 1.82) is 0 Å². The van der Waals surface area contributed by atoms with Crippen LogP contribution in [0.4, 0.5) is 5.69 Å².